The second kappa shape index (κ2) is 16.4. The molecule has 2 radical (unpaired) electrons. The highest BCUT2D eigenvalue weighted by Crippen LogP contribution is 2.54. The molecular formula is C41H61F3O7Si2. The molecular weight excluding hydrogens is 718 g/mol. The highest BCUT2D eigenvalue weighted by Gasteiger charge is 2.59. The van der Waals surface area contributed by atoms with Crippen molar-refractivity contribution in [2.24, 2.45) is 34.5 Å². The van der Waals surface area contributed by atoms with E-state index in [2.05, 4.69) is 79.8 Å². The molecule has 0 bridgehead atoms. The van der Waals surface area contributed by atoms with E-state index in [1.54, 1.807) is 6.92 Å². The number of carbonyl (C=O) groups excluding carboxylic acids is 2. The number of esters is 2. The Morgan fingerprint density at radius 3 is 2.23 bits per heavy atom. The van der Waals surface area contributed by atoms with E-state index in [9.17, 15) is 22.8 Å². The summed E-state index contributed by atoms with van der Waals surface area (Å²) in [6.07, 6.45) is 2.53. The number of benzene rings is 1. The summed E-state index contributed by atoms with van der Waals surface area (Å²) in [4.78, 5) is 28.2. The zero-order valence-corrected chi connectivity index (χ0v) is 35.7. The molecule has 296 valence electrons. The van der Waals surface area contributed by atoms with Gasteiger partial charge in [0.25, 0.3) is 0 Å². The predicted molar refractivity (Wildman–Crippen MR) is 204 cm³/mol. The lowest BCUT2D eigenvalue weighted by atomic mass is 9.58. The quantitative estimate of drug-likeness (QED) is 0.154. The average molecular weight is 779 g/mol. The summed E-state index contributed by atoms with van der Waals surface area (Å²) in [5.74, 6) is -1.54. The predicted octanol–water partition coefficient (Wildman–Crippen LogP) is 9.99. The Bertz CT molecular complexity index is 1510. The van der Waals surface area contributed by atoms with Gasteiger partial charge >= 0.3 is 18.1 Å². The largest absolute Gasteiger partial charge is 0.479 e. The molecule has 53 heavy (non-hydrogen) atoms. The Kier molecular flexibility index (Phi) is 13.4. The van der Waals surface area contributed by atoms with Gasteiger partial charge in [-0.05, 0) is 98.8 Å². The van der Waals surface area contributed by atoms with Gasteiger partial charge in [0.2, 0.25) is 18.1 Å². The minimum Gasteiger partial charge on any atom is -0.479 e. The third kappa shape index (κ3) is 9.70. The van der Waals surface area contributed by atoms with Gasteiger partial charge in [0.15, 0.2) is 11.7 Å². The number of hydrogen-bond acceptors (Lipinski definition) is 7. The molecule has 0 saturated carbocycles. The summed E-state index contributed by atoms with van der Waals surface area (Å²) in [6.45, 7) is 25.4. The first-order chi connectivity index (χ1) is 24.4. The van der Waals surface area contributed by atoms with Crippen molar-refractivity contribution in [3.63, 3.8) is 0 Å². The van der Waals surface area contributed by atoms with E-state index < -0.39 is 59.2 Å². The van der Waals surface area contributed by atoms with Crippen molar-refractivity contribution in [1.29, 1.82) is 0 Å². The molecule has 0 amide bonds. The molecule has 3 unspecified atom stereocenters. The topological polar surface area (TPSA) is 80.3 Å². The van der Waals surface area contributed by atoms with Gasteiger partial charge in [-0.1, -0.05) is 79.7 Å². The fourth-order valence-electron chi connectivity index (χ4n) is 8.67. The Balaban J connectivity index is 1.79. The molecule has 8 atom stereocenters. The molecule has 4 rings (SSSR count). The number of cyclic esters (lactones) is 1. The van der Waals surface area contributed by atoms with Crippen LogP contribution in [0.1, 0.15) is 93.1 Å². The van der Waals surface area contributed by atoms with E-state index >= 15 is 0 Å². The number of alkyl halides is 3. The fourth-order valence-corrected chi connectivity index (χ4v) is 10.9. The minimum atomic E-state index is -4.55. The Labute approximate surface area is 318 Å². The lowest BCUT2D eigenvalue weighted by Gasteiger charge is -2.55. The van der Waals surface area contributed by atoms with E-state index in [0.29, 0.717) is 32.3 Å². The van der Waals surface area contributed by atoms with Gasteiger partial charge in [-0.15, -0.1) is 0 Å². The second-order valence-electron chi connectivity index (χ2n) is 17.7. The van der Waals surface area contributed by atoms with Crippen LogP contribution in [0, 0.1) is 34.5 Å². The van der Waals surface area contributed by atoms with E-state index in [-0.39, 0.29) is 52.6 Å². The summed E-state index contributed by atoms with van der Waals surface area (Å²) in [6, 6.07) is 4.56. The lowest BCUT2D eigenvalue weighted by Crippen LogP contribution is -2.62. The molecule has 3 aliphatic rings. The molecule has 1 heterocycles. The maximum absolute atomic E-state index is 14.1. The number of allylic oxidation sites excluding steroid dienone is 2. The number of halogens is 3. The number of fused-ring (bicyclic) bond motifs is 1. The van der Waals surface area contributed by atoms with Gasteiger partial charge in [0, 0.05) is 17.8 Å². The van der Waals surface area contributed by atoms with E-state index in [1.165, 1.54) is 12.1 Å². The Morgan fingerprint density at radius 2 is 1.66 bits per heavy atom. The standard InChI is InChI=1S/C41H61F3O7Si2/c1-13-31(48-30-16-14-15-28(24-30)41(42,43)44)35(45)49-32-25-29(37(3,4)5)23-27-18-17-26(2)39(34(27)32,50-52(9)10)20-21-40(51-53(11)12)33(38(6,7)8)19-22-47-36(40)46/h14-18,23-24,26,29,31-34H,13,19-22,25H2,1-12H3/t26-,29+,31?,32-,33?,34+,39-,40?/m0/s1. The van der Waals surface area contributed by atoms with Crippen molar-refractivity contribution in [2.75, 3.05) is 6.61 Å². The zero-order valence-electron chi connectivity index (χ0n) is 33.7. The van der Waals surface area contributed by atoms with Crippen molar-refractivity contribution in [1.82, 2.24) is 0 Å². The Hall–Kier alpha value is -2.42. The fraction of sp³-hybridized carbons (Fsp3) is 0.707. The molecule has 0 spiro atoms. The van der Waals surface area contributed by atoms with Crippen LogP contribution in [-0.4, -0.2) is 60.0 Å². The monoisotopic (exact) mass is 778 g/mol. The van der Waals surface area contributed by atoms with Gasteiger partial charge in [0.05, 0.1) is 17.8 Å². The van der Waals surface area contributed by atoms with Crippen molar-refractivity contribution < 1.29 is 45.8 Å². The molecule has 1 fully saturated rings. The molecule has 1 aliphatic heterocycles. The molecule has 12 heteroatoms. The molecule has 1 aromatic carbocycles. The third-order valence-electron chi connectivity index (χ3n) is 11.2. The molecule has 7 nitrogen and oxygen atoms in total. The van der Waals surface area contributed by atoms with Crippen LogP contribution in [0.4, 0.5) is 13.2 Å². The van der Waals surface area contributed by atoms with Crippen molar-refractivity contribution in [3.8, 4) is 5.75 Å². The smallest absolute Gasteiger partial charge is 0.416 e. The van der Waals surface area contributed by atoms with Gasteiger partial charge in [0.1, 0.15) is 11.9 Å². The van der Waals surface area contributed by atoms with Crippen molar-refractivity contribution >= 4 is 30.0 Å². The molecule has 0 aromatic heterocycles. The van der Waals surface area contributed by atoms with Crippen LogP contribution in [-0.2, 0) is 34.1 Å². The number of ether oxygens (including phenoxy) is 3. The van der Waals surface area contributed by atoms with Crippen LogP contribution in [0.3, 0.4) is 0 Å². The van der Waals surface area contributed by atoms with Crippen LogP contribution in [0.25, 0.3) is 0 Å². The average Bonchev–Trinajstić information content (AvgIpc) is 3.03. The summed E-state index contributed by atoms with van der Waals surface area (Å²) in [7, 11) is -2.71. The van der Waals surface area contributed by atoms with E-state index in [1.807, 2.05) is 13.1 Å². The Morgan fingerprint density at radius 1 is 1.00 bits per heavy atom. The van der Waals surface area contributed by atoms with Crippen LogP contribution < -0.4 is 4.74 Å². The summed E-state index contributed by atoms with van der Waals surface area (Å²) in [5.41, 5.74) is -2.25. The van der Waals surface area contributed by atoms with Gasteiger partial charge in [-0.2, -0.15) is 13.2 Å². The normalized spacial score (nSPS) is 30.1. The second-order valence-corrected chi connectivity index (χ2v) is 21.8. The van der Waals surface area contributed by atoms with Crippen molar-refractivity contribution in [3.05, 3.63) is 53.6 Å². The highest BCUT2D eigenvalue weighted by molar-refractivity contribution is 6.49. The molecule has 1 saturated heterocycles. The first-order valence-corrected chi connectivity index (χ1v) is 23.9. The van der Waals surface area contributed by atoms with Gasteiger partial charge in [-0.25, -0.2) is 9.59 Å². The number of rotatable bonds is 12. The van der Waals surface area contributed by atoms with Crippen LogP contribution >= 0.6 is 0 Å². The molecule has 0 N–H and O–H groups in total. The maximum Gasteiger partial charge on any atom is 0.416 e. The van der Waals surface area contributed by atoms with Crippen molar-refractivity contribution in [2.45, 2.75) is 143 Å². The molecule has 1 aromatic rings. The van der Waals surface area contributed by atoms with E-state index in [0.717, 1.165) is 17.7 Å². The SMILES string of the molecule is CCC(Oc1cccc(C(F)(F)F)c1)C(=O)O[C@H]1C[C@H](C(C)(C)C)C=C2C=C[C@H](C)[C@](CCC3(O[Si](C)C)C(=O)OCCC3C(C)(C)C)(O[Si](C)C)[C@H]21. The third-order valence-corrected chi connectivity index (χ3v) is 12.8. The maximum atomic E-state index is 14.1. The first kappa shape index (κ1) is 43.3. The lowest BCUT2D eigenvalue weighted by molar-refractivity contribution is -0.191. The van der Waals surface area contributed by atoms with Gasteiger partial charge < -0.3 is 23.1 Å². The highest BCUT2D eigenvalue weighted by atomic mass is 28.3. The zero-order chi connectivity index (χ0) is 39.7. The first-order valence-electron chi connectivity index (χ1n) is 19.0. The summed E-state index contributed by atoms with van der Waals surface area (Å²) >= 11 is 0. The molecule has 2 aliphatic carbocycles. The van der Waals surface area contributed by atoms with Crippen LogP contribution in [0.15, 0.2) is 48.1 Å². The van der Waals surface area contributed by atoms with Crippen LogP contribution in [0.5, 0.6) is 5.75 Å². The van der Waals surface area contributed by atoms with Crippen LogP contribution in [0.2, 0.25) is 26.2 Å². The number of hydrogen-bond donors (Lipinski definition) is 0. The van der Waals surface area contributed by atoms with Gasteiger partial charge in [-0.3, -0.25) is 0 Å². The van der Waals surface area contributed by atoms with E-state index in [4.69, 9.17) is 23.1 Å². The summed E-state index contributed by atoms with van der Waals surface area (Å²) in [5, 5.41) is 0. The number of carbonyl (C=O) groups is 2. The minimum absolute atomic E-state index is 0.0534. The summed E-state index contributed by atoms with van der Waals surface area (Å²) < 4.78 is 72.8.